The van der Waals surface area contributed by atoms with Crippen LogP contribution in [0.15, 0.2) is 18.2 Å². The maximum Gasteiger partial charge on any atom is 0.573 e. The van der Waals surface area contributed by atoms with Gasteiger partial charge in [0.1, 0.15) is 18.1 Å². The average molecular weight is 304 g/mol. The summed E-state index contributed by atoms with van der Waals surface area (Å²) in [6.07, 6.45) is -4.46. The van der Waals surface area contributed by atoms with Gasteiger partial charge in [-0.1, -0.05) is 33.8 Å². The van der Waals surface area contributed by atoms with Crippen LogP contribution in [0.25, 0.3) is 0 Å². The van der Waals surface area contributed by atoms with Gasteiger partial charge in [-0.15, -0.1) is 13.2 Å². The molecule has 1 rings (SSSR count). The van der Waals surface area contributed by atoms with Crippen LogP contribution in [0.2, 0.25) is 0 Å². The van der Waals surface area contributed by atoms with Crippen LogP contribution >= 0.6 is 0 Å². The quantitative estimate of drug-likeness (QED) is 0.816. The molecule has 1 aromatic rings. The number of hydrogen-bond acceptors (Lipinski definition) is 3. The number of ether oxygens (including phenoxy) is 2. The molecule has 0 saturated carbocycles. The second-order valence-corrected chi connectivity index (χ2v) is 5.64. The van der Waals surface area contributed by atoms with Gasteiger partial charge in [0.2, 0.25) is 0 Å². The molecule has 21 heavy (non-hydrogen) atoms. The Balaban J connectivity index is 3.08. The van der Waals surface area contributed by atoms with E-state index in [2.05, 4.69) is 4.74 Å². The highest BCUT2D eigenvalue weighted by atomic mass is 19.4. The molecule has 0 aromatic heterocycles. The summed E-state index contributed by atoms with van der Waals surface area (Å²) in [6, 6.07) is 3.92. The van der Waals surface area contributed by atoms with Gasteiger partial charge in [-0.3, -0.25) is 4.79 Å². The van der Waals surface area contributed by atoms with Gasteiger partial charge in [0, 0.05) is 12.5 Å². The lowest BCUT2D eigenvalue weighted by Crippen LogP contribution is -2.19. The highest BCUT2D eigenvalue weighted by Gasteiger charge is 2.32. The minimum absolute atomic E-state index is 0.128. The highest BCUT2D eigenvalue weighted by Crippen LogP contribution is 2.35. The molecule has 0 saturated heterocycles. The Morgan fingerprint density at radius 3 is 2.29 bits per heavy atom. The molecule has 0 bridgehead atoms. The van der Waals surface area contributed by atoms with Gasteiger partial charge in [0.15, 0.2) is 5.78 Å². The number of hydrogen-bond donors (Lipinski definition) is 0. The van der Waals surface area contributed by atoms with Crippen LogP contribution in [0.4, 0.5) is 13.2 Å². The molecule has 6 heteroatoms. The first kappa shape index (κ1) is 17.3. The molecule has 0 unspecified atom stereocenters. The first-order valence-corrected chi connectivity index (χ1v) is 6.57. The number of carbonyl (C=O) groups excluding carboxylic acids is 1. The van der Waals surface area contributed by atoms with Crippen molar-refractivity contribution in [3.8, 4) is 11.5 Å². The van der Waals surface area contributed by atoms with Gasteiger partial charge < -0.3 is 9.47 Å². The molecule has 1 aromatic carbocycles. The first-order valence-electron chi connectivity index (χ1n) is 6.57. The van der Waals surface area contributed by atoms with Crippen LogP contribution in [-0.2, 0) is 10.2 Å². The molecule has 0 aliphatic carbocycles. The highest BCUT2D eigenvalue weighted by molar-refractivity contribution is 5.79. The fraction of sp³-hybridized carbons (Fsp3) is 0.533. The number of halogens is 3. The predicted molar refractivity (Wildman–Crippen MR) is 72.6 cm³/mol. The van der Waals surface area contributed by atoms with Crippen LogP contribution < -0.4 is 9.47 Å². The zero-order valence-corrected chi connectivity index (χ0v) is 12.5. The Morgan fingerprint density at radius 2 is 1.81 bits per heavy atom. The molecule has 0 fully saturated rings. The summed E-state index contributed by atoms with van der Waals surface area (Å²) in [7, 11) is 0. The van der Waals surface area contributed by atoms with Crippen molar-refractivity contribution in [1.29, 1.82) is 0 Å². The van der Waals surface area contributed by atoms with E-state index in [4.69, 9.17) is 4.74 Å². The van der Waals surface area contributed by atoms with Crippen LogP contribution in [0.5, 0.6) is 11.5 Å². The van der Waals surface area contributed by atoms with Crippen LogP contribution in [0, 0.1) is 0 Å². The average Bonchev–Trinajstić information content (AvgIpc) is 2.32. The smallest absolute Gasteiger partial charge is 0.485 e. The Hall–Kier alpha value is -1.72. The lowest BCUT2D eigenvalue weighted by Gasteiger charge is -2.23. The number of benzene rings is 1. The summed E-state index contributed by atoms with van der Waals surface area (Å²) in [5.41, 5.74) is 0.377. The van der Waals surface area contributed by atoms with Crippen molar-refractivity contribution in [2.75, 3.05) is 6.61 Å². The van der Waals surface area contributed by atoms with E-state index in [1.165, 1.54) is 12.1 Å². The van der Waals surface area contributed by atoms with E-state index in [-0.39, 0.29) is 29.3 Å². The molecule has 118 valence electrons. The van der Waals surface area contributed by atoms with Crippen molar-refractivity contribution in [2.24, 2.45) is 0 Å². The lowest BCUT2D eigenvalue weighted by molar-refractivity contribution is -0.274. The van der Waals surface area contributed by atoms with E-state index in [1.807, 2.05) is 20.8 Å². The van der Waals surface area contributed by atoms with E-state index in [0.29, 0.717) is 12.0 Å². The molecule has 0 radical (unpaired) electrons. The standard InChI is InChI=1S/C15H19F3O3/c1-5-10(19)9-20-13-8-11(21-15(16,17)18)6-7-12(13)14(2,3)4/h6-8H,5,9H2,1-4H3. The van der Waals surface area contributed by atoms with Crippen molar-refractivity contribution in [3.63, 3.8) is 0 Å². The molecule has 0 aliphatic heterocycles. The topological polar surface area (TPSA) is 35.5 Å². The van der Waals surface area contributed by atoms with E-state index in [9.17, 15) is 18.0 Å². The number of rotatable bonds is 5. The van der Waals surface area contributed by atoms with Crippen molar-refractivity contribution in [1.82, 2.24) is 0 Å². The van der Waals surface area contributed by atoms with Crippen LogP contribution in [-0.4, -0.2) is 18.8 Å². The van der Waals surface area contributed by atoms with Gasteiger partial charge in [-0.05, 0) is 17.0 Å². The Labute approximate surface area is 122 Å². The van der Waals surface area contributed by atoms with Gasteiger partial charge in [0.25, 0.3) is 0 Å². The van der Waals surface area contributed by atoms with Crippen molar-refractivity contribution in [2.45, 2.75) is 45.9 Å². The fourth-order valence-corrected chi connectivity index (χ4v) is 1.70. The van der Waals surface area contributed by atoms with Crippen molar-refractivity contribution >= 4 is 5.78 Å². The summed E-state index contributed by atoms with van der Waals surface area (Å²) in [6.45, 7) is 7.23. The fourth-order valence-electron chi connectivity index (χ4n) is 1.70. The van der Waals surface area contributed by atoms with Gasteiger partial charge in [-0.2, -0.15) is 0 Å². The predicted octanol–water partition coefficient (Wildman–Crippen LogP) is 4.24. The lowest BCUT2D eigenvalue weighted by atomic mass is 9.86. The van der Waals surface area contributed by atoms with Crippen molar-refractivity contribution < 1.29 is 27.4 Å². The molecule has 0 spiro atoms. The minimum Gasteiger partial charge on any atom is -0.485 e. The molecule has 3 nitrogen and oxygen atoms in total. The number of Topliss-reactive ketones (excluding diaryl/α,β-unsaturated/α-hetero) is 1. The number of alkyl halides is 3. The van der Waals surface area contributed by atoms with E-state index >= 15 is 0 Å². The third kappa shape index (κ3) is 5.65. The SMILES string of the molecule is CCC(=O)COc1cc(OC(F)(F)F)ccc1C(C)(C)C. The normalized spacial score (nSPS) is 12.1. The van der Waals surface area contributed by atoms with Crippen LogP contribution in [0.1, 0.15) is 39.7 Å². The van der Waals surface area contributed by atoms with E-state index in [1.54, 1.807) is 6.92 Å². The molecular weight excluding hydrogens is 285 g/mol. The van der Waals surface area contributed by atoms with E-state index in [0.717, 1.165) is 6.07 Å². The summed E-state index contributed by atoms with van der Waals surface area (Å²) < 4.78 is 46.0. The molecule has 0 atom stereocenters. The van der Waals surface area contributed by atoms with Gasteiger partial charge in [0.05, 0.1) is 0 Å². The third-order valence-electron chi connectivity index (χ3n) is 2.78. The van der Waals surface area contributed by atoms with Gasteiger partial charge >= 0.3 is 6.36 Å². The van der Waals surface area contributed by atoms with E-state index < -0.39 is 6.36 Å². The summed E-state index contributed by atoms with van der Waals surface area (Å²) in [5.74, 6) is -0.266. The van der Waals surface area contributed by atoms with Gasteiger partial charge in [-0.25, -0.2) is 0 Å². The number of ketones is 1. The Kier molecular flexibility index (Phi) is 5.25. The Bertz CT molecular complexity index is 502. The third-order valence-corrected chi connectivity index (χ3v) is 2.78. The second-order valence-electron chi connectivity index (χ2n) is 5.64. The van der Waals surface area contributed by atoms with Crippen molar-refractivity contribution in [3.05, 3.63) is 23.8 Å². The maximum absolute atomic E-state index is 12.3. The van der Waals surface area contributed by atoms with Crippen LogP contribution in [0.3, 0.4) is 0 Å². The summed E-state index contributed by atoms with van der Waals surface area (Å²) in [4.78, 5) is 11.3. The first-order chi connectivity index (χ1) is 9.53. The molecular formula is C15H19F3O3. The zero-order valence-electron chi connectivity index (χ0n) is 12.5. The number of carbonyl (C=O) groups is 1. The molecule has 0 heterocycles. The molecule has 0 N–H and O–H groups in total. The zero-order chi connectivity index (χ0) is 16.3. The maximum atomic E-state index is 12.3. The largest absolute Gasteiger partial charge is 0.573 e. The minimum atomic E-state index is -4.76. The Morgan fingerprint density at radius 1 is 1.19 bits per heavy atom. The second kappa shape index (κ2) is 6.37. The molecule has 0 amide bonds. The summed E-state index contributed by atoms with van der Waals surface area (Å²) in [5, 5.41) is 0. The summed E-state index contributed by atoms with van der Waals surface area (Å²) >= 11 is 0. The molecule has 0 aliphatic rings. The monoisotopic (exact) mass is 304 g/mol.